The second-order valence-corrected chi connectivity index (χ2v) is 17.4. The van der Waals surface area contributed by atoms with E-state index in [2.05, 4.69) is 4.90 Å². The molecule has 4 N–H and O–H groups in total. The van der Waals surface area contributed by atoms with Gasteiger partial charge in [0.05, 0.1) is 47.6 Å². The zero-order chi connectivity index (χ0) is 42.5. The molecule has 3 rings (SSSR count). The minimum Gasteiger partial charge on any atom is -0.459 e. The summed E-state index contributed by atoms with van der Waals surface area (Å²) in [6, 6.07) is -0.138. The molecule has 15 nitrogen and oxygen atoms in total. The highest BCUT2D eigenvalue weighted by molar-refractivity contribution is 5.83. The van der Waals surface area contributed by atoms with Crippen LogP contribution in [0.3, 0.4) is 0 Å². The first-order chi connectivity index (χ1) is 26.1. The molecule has 0 aromatic rings. The predicted octanol–water partition coefficient (Wildman–Crippen LogP) is 2.85. The van der Waals surface area contributed by atoms with Crippen molar-refractivity contribution < 1.29 is 67.9 Å². The summed E-state index contributed by atoms with van der Waals surface area (Å²) in [5, 5.41) is 43.8. The second-order valence-electron chi connectivity index (χ2n) is 17.4. The van der Waals surface area contributed by atoms with Crippen LogP contribution in [0.2, 0.25) is 0 Å². The number of hydrogen-bond donors (Lipinski definition) is 4. The zero-order valence-electron chi connectivity index (χ0n) is 36.4. The van der Waals surface area contributed by atoms with Crippen molar-refractivity contribution in [1.82, 2.24) is 4.90 Å². The van der Waals surface area contributed by atoms with E-state index in [1.807, 2.05) is 27.8 Å². The van der Waals surface area contributed by atoms with E-state index in [-0.39, 0.29) is 43.8 Å². The number of aliphatic hydroxyl groups is 4. The van der Waals surface area contributed by atoms with Crippen LogP contribution in [0.4, 0.5) is 0 Å². The Bertz CT molecular complexity index is 1260. The minimum absolute atomic E-state index is 0.0452. The Hall–Kier alpha value is -1.34. The van der Waals surface area contributed by atoms with Gasteiger partial charge >= 0.3 is 5.97 Å². The number of Topliss-reactive ketones (excluding diaryl/α,β-unsaturated/α-hetero) is 1. The Balaban J connectivity index is 2.24. The molecule has 0 saturated carbocycles. The molecule has 3 aliphatic heterocycles. The van der Waals surface area contributed by atoms with Crippen LogP contribution in [0.15, 0.2) is 0 Å². The largest absolute Gasteiger partial charge is 0.459 e. The number of esters is 1. The average Bonchev–Trinajstić information content (AvgIpc) is 3.16. The molecule has 3 aliphatic rings. The summed E-state index contributed by atoms with van der Waals surface area (Å²) < 4.78 is 50.8. The van der Waals surface area contributed by atoms with E-state index in [1.54, 1.807) is 48.7 Å². The van der Waals surface area contributed by atoms with Crippen molar-refractivity contribution in [3.63, 3.8) is 0 Å². The molecular weight excluding hydrogens is 730 g/mol. The highest BCUT2D eigenvalue weighted by atomic mass is 16.7. The lowest BCUT2D eigenvalue weighted by Gasteiger charge is -2.50. The van der Waals surface area contributed by atoms with Crippen LogP contribution in [-0.2, 0) is 47.5 Å². The van der Waals surface area contributed by atoms with Crippen LogP contribution in [0, 0.1) is 23.7 Å². The second kappa shape index (κ2) is 20.3. The van der Waals surface area contributed by atoms with Gasteiger partial charge in [-0.3, -0.25) is 9.59 Å². The molecule has 0 amide bonds. The standard InChI is InChI=1S/C41H75NO14/c1-15-29-41(10,48)34(45)24(4)31(44)22(2)20-40(9,51-14)36(56-38-33(49-12)28(19-23(3)52-38)42(11)17-16-18-43)25(5)32(26(6)37(47)54-29)55-30-21-39(8,50-13)35(46)27(7)53-30/h22-30,32-36,38,43,45-46,48H,15-21H2,1-14H3/t22-,23-,24+,25+,26-,27+,28+,29-,30+,32+,33-,34-,35+,36-,38+,39-,40+,41-/m1/s1. The van der Waals surface area contributed by atoms with Crippen LogP contribution >= 0.6 is 0 Å². The van der Waals surface area contributed by atoms with Crippen molar-refractivity contribution in [1.29, 1.82) is 0 Å². The van der Waals surface area contributed by atoms with E-state index in [0.29, 0.717) is 19.4 Å². The van der Waals surface area contributed by atoms with E-state index in [0.717, 1.165) is 0 Å². The summed E-state index contributed by atoms with van der Waals surface area (Å²) in [7, 11) is 6.62. The zero-order valence-corrected chi connectivity index (χ0v) is 36.4. The molecule has 15 heteroatoms. The molecule has 0 aromatic heterocycles. The number of hydrogen-bond acceptors (Lipinski definition) is 15. The molecule has 0 aliphatic carbocycles. The Kier molecular flexibility index (Phi) is 17.8. The first kappa shape index (κ1) is 49.0. The molecule has 328 valence electrons. The highest BCUT2D eigenvalue weighted by Gasteiger charge is 2.54. The molecule has 3 heterocycles. The van der Waals surface area contributed by atoms with E-state index in [4.69, 9.17) is 37.9 Å². The number of ether oxygens (including phenoxy) is 8. The van der Waals surface area contributed by atoms with Gasteiger partial charge < -0.3 is 63.2 Å². The van der Waals surface area contributed by atoms with Gasteiger partial charge in [0.25, 0.3) is 0 Å². The Morgan fingerprint density at radius 3 is 2.04 bits per heavy atom. The quantitative estimate of drug-likeness (QED) is 0.211. The summed E-state index contributed by atoms with van der Waals surface area (Å²) in [4.78, 5) is 30.5. The normalized spacial score (nSPS) is 46.4. The molecule has 18 atom stereocenters. The van der Waals surface area contributed by atoms with Crippen molar-refractivity contribution in [3.05, 3.63) is 0 Å². The summed E-state index contributed by atoms with van der Waals surface area (Å²) >= 11 is 0. The molecular formula is C41H75NO14. The SMILES string of the molecule is CC[C@H]1OC(=O)[C@H](C)[C@@H](O[C@H]2C[C@@](C)(OC)[C@@H](O)[C@H](C)O2)[C@H](C)[C@@H](O[C@@H]2O[C@H](C)C[C@H](N(C)CCCO)[C@H]2OC)[C@@](C)(OC)C[C@@H](C)C(=O)[C@H](C)[C@@H](O)[C@]1(C)O. The molecule has 3 saturated heterocycles. The monoisotopic (exact) mass is 806 g/mol. The molecule has 0 spiro atoms. The smallest absolute Gasteiger partial charge is 0.311 e. The fourth-order valence-electron chi connectivity index (χ4n) is 9.24. The molecule has 56 heavy (non-hydrogen) atoms. The lowest BCUT2D eigenvalue weighted by molar-refractivity contribution is -0.321. The number of methoxy groups -OCH3 is 3. The Morgan fingerprint density at radius 1 is 0.857 bits per heavy atom. The highest BCUT2D eigenvalue weighted by Crippen LogP contribution is 2.42. The molecule has 0 unspecified atom stereocenters. The van der Waals surface area contributed by atoms with E-state index < -0.39 is 102 Å². The summed E-state index contributed by atoms with van der Waals surface area (Å²) in [5.41, 5.74) is -4.23. The van der Waals surface area contributed by atoms with Crippen LogP contribution in [0.25, 0.3) is 0 Å². The first-order valence-electron chi connectivity index (χ1n) is 20.5. The maximum absolute atomic E-state index is 14.3. The summed E-state index contributed by atoms with van der Waals surface area (Å²) in [5.74, 6) is -4.41. The van der Waals surface area contributed by atoms with Gasteiger partial charge in [-0.25, -0.2) is 0 Å². The van der Waals surface area contributed by atoms with Crippen molar-refractivity contribution in [2.24, 2.45) is 23.7 Å². The van der Waals surface area contributed by atoms with Gasteiger partial charge in [0.1, 0.15) is 29.7 Å². The van der Waals surface area contributed by atoms with E-state index in [9.17, 15) is 30.0 Å². The average molecular weight is 806 g/mol. The third kappa shape index (κ3) is 10.7. The number of aliphatic hydroxyl groups excluding tert-OH is 3. The van der Waals surface area contributed by atoms with E-state index >= 15 is 0 Å². The minimum atomic E-state index is -1.97. The van der Waals surface area contributed by atoms with Gasteiger partial charge in [0.15, 0.2) is 12.6 Å². The van der Waals surface area contributed by atoms with Crippen molar-refractivity contribution >= 4 is 11.8 Å². The Morgan fingerprint density at radius 2 is 1.48 bits per heavy atom. The van der Waals surface area contributed by atoms with Crippen LogP contribution < -0.4 is 0 Å². The van der Waals surface area contributed by atoms with Gasteiger partial charge in [-0.15, -0.1) is 0 Å². The Labute approximate surface area is 334 Å². The maximum atomic E-state index is 14.3. The van der Waals surface area contributed by atoms with Crippen LogP contribution in [0.5, 0.6) is 0 Å². The molecule has 0 aromatic carbocycles. The van der Waals surface area contributed by atoms with Gasteiger partial charge in [-0.1, -0.05) is 27.7 Å². The molecule has 0 radical (unpaired) electrons. The van der Waals surface area contributed by atoms with Gasteiger partial charge in [0, 0.05) is 64.7 Å². The number of cyclic esters (lactones) is 1. The predicted molar refractivity (Wildman–Crippen MR) is 206 cm³/mol. The van der Waals surface area contributed by atoms with Crippen molar-refractivity contribution in [2.75, 3.05) is 41.5 Å². The van der Waals surface area contributed by atoms with Crippen molar-refractivity contribution in [2.45, 2.75) is 186 Å². The number of nitrogens with zero attached hydrogens (tertiary/aromatic N) is 1. The fourth-order valence-corrected chi connectivity index (χ4v) is 9.24. The lowest BCUT2D eigenvalue weighted by atomic mass is 9.74. The van der Waals surface area contributed by atoms with Crippen molar-refractivity contribution in [3.8, 4) is 0 Å². The van der Waals surface area contributed by atoms with Gasteiger partial charge in [-0.2, -0.15) is 0 Å². The number of likely N-dealkylation sites (N-methyl/N-ethyl adjacent to an activating group) is 1. The summed E-state index contributed by atoms with van der Waals surface area (Å²) in [6.07, 6.45) is -7.33. The lowest BCUT2D eigenvalue weighted by Crippen LogP contribution is -2.62. The maximum Gasteiger partial charge on any atom is 0.311 e. The number of carbonyl (C=O) groups excluding carboxylic acids is 2. The number of rotatable bonds is 12. The molecule has 3 fully saturated rings. The van der Waals surface area contributed by atoms with Crippen LogP contribution in [0.1, 0.15) is 101 Å². The third-order valence-electron chi connectivity index (χ3n) is 13.1. The topological polar surface area (TPSA) is 192 Å². The van der Waals surface area contributed by atoms with E-state index in [1.165, 1.54) is 21.1 Å². The van der Waals surface area contributed by atoms with Gasteiger partial charge in [-0.05, 0) is 74.3 Å². The van der Waals surface area contributed by atoms with Crippen LogP contribution in [-0.4, -0.2) is 163 Å². The summed E-state index contributed by atoms with van der Waals surface area (Å²) in [6.45, 7) is 17.9. The number of carbonyl (C=O) groups is 2. The van der Waals surface area contributed by atoms with Gasteiger partial charge in [0.2, 0.25) is 0 Å². The third-order valence-corrected chi connectivity index (χ3v) is 13.1. The molecule has 0 bridgehead atoms. The fraction of sp³-hybridized carbons (Fsp3) is 0.951. The first-order valence-corrected chi connectivity index (χ1v) is 20.5. The number of ketones is 1.